The van der Waals surface area contributed by atoms with Gasteiger partial charge in [0, 0.05) is 0 Å². The van der Waals surface area contributed by atoms with E-state index in [1.54, 1.807) is 7.11 Å². The third-order valence-corrected chi connectivity index (χ3v) is 4.30. The van der Waals surface area contributed by atoms with Gasteiger partial charge in [-0.3, -0.25) is 0 Å². The van der Waals surface area contributed by atoms with Gasteiger partial charge in [0.05, 0.1) is 7.11 Å². The summed E-state index contributed by atoms with van der Waals surface area (Å²) in [7, 11) is 3.78. The van der Waals surface area contributed by atoms with Gasteiger partial charge >= 0.3 is 0 Å². The van der Waals surface area contributed by atoms with Gasteiger partial charge in [-0.2, -0.15) is 0 Å². The fourth-order valence-electron chi connectivity index (χ4n) is 2.69. The number of nitrogens with one attached hydrogen (secondary N) is 1. The molecule has 0 saturated heterocycles. The van der Waals surface area contributed by atoms with E-state index >= 15 is 0 Å². The summed E-state index contributed by atoms with van der Waals surface area (Å²) in [4.78, 5) is 0. The first-order valence-electron chi connectivity index (χ1n) is 7.20. The van der Waals surface area contributed by atoms with E-state index in [4.69, 9.17) is 4.74 Å². The van der Waals surface area contributed by atoms with E-state index in [1.807, 2.05) is 7.05 Å². The molecule has 1 N–H and O–H groups in total. The van der Waals surface area contributed by atoms with Gasteiger partial charge in [-0.05, 0) is 80.9 Å². The molecule has 0 saturated carbocycles. The highest BCUT2D eigenvalue weighted by atomic mass is 16.5. The second kappa shape index (κ2) is 6.95. The van der Waals surface area contributed by atoms with Crippen molar-refractivity contribution < 1.29 is 4.74 Å². The third-order valence-electron chi connectivity index (χ3n) is 4.30. The molecule has 0 aliphatic rings. The molecular weight excluding hydrogens is 234 g/mol. The molecule has 0 aliphatic carbocycles. The zero-order valence-corrected chi connectivity index (χ0v) is 13.6. The van der Waals surface area contributed by atoms with Gasteiger partial charge in [0.25, 0.3) is 0 Å². The maximum absolute atomic E-state index is 5.45. The van der Waals surface area contributed by atoms with E-state index in [2.05, 4.69) is 46.0 Å². The van der Waals surface area contributed by atoms with Crippen LogP contribution in [0.5, 0.6) is 5.75 Å². The lowest BCUT2D eigenvalue weighted by molar-refractivity contribution is 0.368. The second-order valence-corrected chi connectivity index (χ2v) is 5.89. The van der Waals surface area contributed by atoms with Crippen molar-refractivity contribution in [3.05, 3.63) is 28.3 Å². The molecule has 2 heteroatoms. The van der Waals surface area contributed by atoms with Crippen molar-refractivity contribution in [1.82, 2.24) is 5.32 Å². The fourth-order valence-corrected chi connectivity index (χ4v) is 2.69. The number of hydrogen-bond donors (Lipinski definition) is 1. The summed E-state index contributed by atoms with van der Waals surface area (Å²) in [6.45, 7) is 12.3. The predicted octanol–water partition coefficient (Wildman–Crippen LogP) is 3.65. The summed E-state index contributed by atoms with van der Waals surface area (Å²) < 4.78 is 5.45. The van der Waals surface area contributed by atoms with Crippen LogP contribution in [0.25, 0.3) is 0 Å². The average molecular weight is 263 g/mol. The Kier molecular flexibility index (Phi) is 5.86. The minimum absolute atomic E-state index is 0.676. The number of aryl methyl sites for hydroxylation is 1. The van der Waals surface area contributed by atoms with Crippen molar-refractivity contribution >= 4 is 0 Å². The minimum atomic E-state index is 0.676. The molecule has 0 radical (unpaired) electrons. The van der Waals surface area contributed by atoms with Gasteiger partial charge in [-0.15, -0.1) is 0 Å². The maximum atomic E-state index is 5.45. The molecule has 0 aromatic heterocycles. The largest absolute Gasteiger partial charge is 0.496 e. The highest BCUT2D eigenvalue weighted by molar-refractivity contribution is 5.48. The molecule has 1 atom stereocenters. The first-order chi connectivity index (χ1) is 8.92. The van der Waals surface area contributed by atoms with Crippen molar-refractivity contribution in [3.8, 4) is 5.75 Å². The van der Waals surface area contributed by atoms with E-state index < -0.39 is 0 Å². The number of benzene rings is 1. The maximum Gasteiger partial charge on any atom is 0.122 e. The van der Waals surface area contributed by atoms with Gasteiger partial charge in [0.15, 0.2) is 0 Å². The molecule has 1 rings (SSSR count). The summed E-state index contributed by atoms with van der Waals surface area (Å²) in [5.74, 6) is 2.37. The zero-order valence-electron chi connectivity index (χ0n) is 13.6. The molecule has 0 amide bonds. The quantitative estimate of drug-likeness (QED) is 0.846. The second-order valence-electron chi connectivity index (χ2n) is 5.89. The minimum Gasteiger partial charge on any atom is -0.496 e. The Hall–Kier alpha value is -1.02. The molecule has 0 fully saturated rings. The van der Waals surface area contributed by atoms with Crippen LogP contribution in [0, 0.1) is 32.6 Å². The third kappa shape index (κ3) is 3.73. The molecule has 0 bridgehead atoms. The topological polar surface area (TPSA) is 21.3 Å². The number of methoxy groups -OCH3 is 1. The summed E-state index contributed by atoms with van der Waals surface area (Å²) in [6, 6.07) is 2.18. The SMILES string of the molecule is CNCC(Cc1c(C)cc(OC)c(C)c1C)C(C)C. The molecule has 1 aromatic rings. The van der Waals surface area contributed by atoms with Crippen molar-refractivity contribution in [1.29, 1.82) is 0 Å². The lowest BCUT2D eigenvalue weighted by atomic mass is 9.84. The van der Waals surface area contributed by atoms with E-state index in [-0.39, 0.29) is 0 Å². The lowest BCUT2D eigenvalue weighted by Gasteiger charge is -2.24. The molecule has 1 aromatic carbocycles. The number of ether oxygens (including phenoxy) is 1. The number of rotatable bonds is 6. The van der Waals surface area contributed by atoms with E-state index in [1.165, 1.54) is 22.3 Å². The Balaban J connectivity index is 3.10. The van der Waals surface area contributed by atoms with Crippen molar-refractivity contribution in [2.75, 3.05) is 20.7 Å². The Morgan fingerprint density at radius 2 is 1.79 bits per heavy atom. The Bertz CT molecular complexity index is 424. The molecule has 108 valence electrons. The van der Waals surface area contributed by atoms with Crippen LogP contribution in [0.4, 0.5) is 0 Å². The average Bonchev–Trinajstić information content (AvgIpc) is 2.37. The summed E-state index contributed by atoms with van der Waals surface area (Å²) in [5, 5.41) is 3.32. The Labute approximate surface area is 118 Å². The van der Waals surface area contributed by atoms with E-state index in [9.17, 15) is 0 Å². The predicted molar refractivity (Wildman–Crippen MR) is 83.2 cm³/mol. The van der Waals surface area contributed by atoms with Crippen LogP contribution in [0.15, 0.2) is 6.07 Å². The standard InChI is InChI=1S/C17H29NO/c1-11(2)15(10-18-6)9-16-12(3)8-17(19-7)14(5)13(16)4/h8,11,15,18H,9-10H2,1-7H3. The smallest absolute Gasteiger partial charge is 0.122 e. The molecule has 0 aliphatic heterocycles. The van der Waals surface area contributed by atoms with Crippen LogP contribution < -0.4 is 10.1 Å². The van der Waals surface area contributed by atoms with Crippen LogP contribution in [0.2, 0.25) is 0 Å². The monoisotopic (exact) mass is 263 g/mol. The van der Waals surface area contributed by atoms with Crippen molar-refractivity contribution in [2.24, 2.45) is 11.8 Å². The van der Waals surface area contributed by atoms with E-state index in [0.717, 1.165) is 18.7 Å². The van der Waals surface area contributed by atoms with Gasteiger partial charge in [-0.25, -0.2) is 0 Å². The van der Waals surface area contributed by atoms with Gasteiger partial charge in [-0.1, -0.05) is 13.8 Å². The number of hydrogen-bond acceptors (Lipinski definition) is 2. The molecular formula is C17H29NO. The lowest BCUT2D eigenvalue weighted by Crippen LogP contribution is -2.25. The zero-order chi connectivity index (χ0) is 14.6. The Morgan fingerprint density at radius 3 is 2.26 bits per heavy atom. The van der Waals surface area contributed by atoms with Crippen LogP contribution in [-0.4, -0.2) is 20.7 Å². The molecule has 0 heterocycles. The molecule has 2 nitrogen and oxygen atoms in total. The van der Waals surface area contributed by atoms with Gasteiger partial charge in [0.2, 0.25) is 0 Å². The molecule has 1 unspecified atom stereocenters. The normalized spacial score (nSPS) is 12.8. The van der Waals surface area contributed by atoms with Crippen LogP contribution in [-0.2, 0) is 6.42 Å². The summed E-state index contributed by atoms with van der Waals surface area (Å²) in [6.07, 6.45) is 1.14. The van der Waals surface area contributed by atoms with Crippen LogP contribution in [0.1, 0.15) is 36.1 Å². The van der Waals surface area contributed by atoms with Crippen molar-refractivity contribution in [3.63, 3.8) is 0 Å². The summed E-state index contributed by atoms with van der Waals surface area (Å²) >= 11 is 0. The molecule has 19 heavy (non-hydrogen) atoms. The first kappa shape index (κ1) is 16.0. The van der Waals surface area contributed by atoms with Crippen molar-refractivity contribution in [2.45, 2.75) is 41.0 Å². The van der Waals surface area contributed by atoms with Gasteiger partial charge in [0.1, 0.15) is 5.75 Å². The van der Waals surface area contributed by atoms with Gasteiger partial charge < -0.3 is 10.1 Å². The molecule has 0 spiro atoms. The Morgan fingerprint density at radius 1 is 1.16 bits per heavy atom. The highest BCUT2D eigenvalue weighted by Gasteiger charge is 2.18. The highest BCUT2D eigenvalue weighted by Crippen LogP contribution is 2.30. The first-order valence-corrected chi connectivity index (χ1v) is 7.20. The summed E-state index contributed by atoms with van der Waals surface area (Å²) in [5.41, 5.74) is 5.50. The fraction of sp³-hybridized carbons (Fsp3) is 0.647. The van der Waals surface area contributed by atoms with E-state index in [0.29, 0.717) is 11.8 Å². The van der Waals surface area contributed by atoms with Crippen LogP contribution in [0.3, 0.4) is 0 Å². The van der Waals surface area contributed by atoms with Crippen LogP contribution >= 0.6 is 0 Å².